The Bertz CT molecular complexity index is 854. The number of halogens is 1. The molecular weight excluding hydrogens is 393 g/mol. The lowest BCUT2D eigenvalue weighted by atomic mass is 10.1. The molecule has 2 atom stereocenters. The molecule has 0 aliphatic carbocycles. The monoisotopic (exact) mass is 427 g/mol. The Balaban J connectivity index is 1.59. The molecule has 168 valence electrons. The van der Waals surface area contributed by atoms with E-state index in [9.17, 15) is 9.18 Å². The largest absolute Gasteiger partial charge is 0.482 e. The molecule has 5 nitrogen and oxygen atoms in total. The van der Waals surface area contributed by atoms with Gasteiger partial charge < -0.3 is 14.5 Å². The van der Waals surface area contributed by atoms with E-state index in [0.717, 1.165) is 43.2 Å². The quantitative estimate of drug-likeness (QED) is 0.634. The van der Waals surface area contributed by atoms with E-state index in [1.165, 1.54) is 12.1 Å². The molecule has 6 heteroatoms. The second-order valence-electron chi connectivity index (χ2n) is 8.23. The van der Waals surface area contributed by atoms with E-state index in [-0.39, 0.29) is 30.4 Å². The van der Waals surface area contributed by atoms with Crippen molar-refractivity contribution < 1.29 is 13.9 Å². The lowest BCUT2D eigenvalue weighted by Crippen LogP contribution is -2.58. The molecule has 1 saturated heterocycles. The Hall–Kier alpha value is -2.60. The summed E-state index contributed by atoms with van der Waals surface area (Å²) >= 11 is 0. The molecule has 1 amide bonds. The third kappa shape index (κ3) is 5.76. The lowest BCUT2D eigenvalue weighted by molar-refractivity contribution is -0.139. The van der Waals surface area contributed by atoms with E-state index in [1.807, 2.05) is 41.3 Å². The van der Waals surface area contributed by atoms with Crippen LogP contribution in [0.3, 0.4) is 0 Å². The van der Waals surface area contributed by atoms with Crippen molar-refractivity contribution in [2.24, 2.45) is 0 Å². The number of piperazine rings is 1. The summed E-state index contributed by atoms with van der Waals surface area (Å²) in [6.45, 7) is 12.4. The van der Waals surface area contributed by atoms with Crippen LogP contribution in [0.2, 0.25) is 0 Å². The van der Waals surface area contributed by atoms with Gasteiger partial charge in [0.05, 0.1) is 5.69 Å². The lowest BCUT2D eigenvalue weighted by Gasteiger charge is -2.44. The molecule has 1 aliphatic rings. The summed E-state index contributed by atoms with van der Waals surface area (Å²) < 4.78 is 19.1. The zero-order valence-corrected chi connectivity index (χ0v) is 19.1. The first kappa shape index (κ1) is 23.1. The molecule has 0 aromatic heterocycles. The van der Waals surface area contributed by atoms with Crippen molar-refractivity contribution >= 4 is 11.6 Å². The average Bonchev–Trinajstić information content (AvgIpc) is 2.77. The van der Waals surface area contributed by atoms with Crippen molar-refractivity contribution in [2.45, 2.75) is 46.3 Å². The highest BCUT2D eigenvalue weighted by atomic mass is 19.1. The van der Waals surface area contributed by atoms with Crippen LogP contribution >= 0.6 is 0 Å². The zero-order valence-electron chi connectivity index (χ0n) is 19.1. The van der Waals surface area contributed by atoms with Gasteiger partial charge in [-0.15, -0.1) is 0 Å². The highest BCUT2D eigenvalue weighted by Gasteiger charge is 2.32. The standard InChI is InChI=1S/C25H34FN3O2/c1-5-27(6-2)23-9-7-8-10-24(23)31-18-25(30)29-16-19(3)28(15-20(29)4)17-21-11-13-22(26)14-12-21/h7-14,19-20H,5-6,15-18H2,1-4H3/t19-,20+/m1/s1. The summed E-state index contributed by atoms with van der Waals surface area (Å²) in [7, 11) is 0. The van der Waals surface area contributed by atoms with Crippen molar-refractivity contribution in [1.29, 1.82) is 0 Å². The van der Waals surface area contributed by atoms with Crippen molar-refractivity contribution in [3.8, 4) is 5.75 Å². The van der Waals surface area contributed by atoms with Gasteiger partial charge in [-0.2, -0.15) is 0 Å². The van der Waals surface area contributed by atoms with Gasteiger partial charge in [-0.25, -0.2) is 4.39 Å². The number of nitrogens with zero attached hydrogens (tertiary/aromatic N) is 3. The smallest absolute Gasteiger partial charge is 0.260 e. The van der Waals surface area contributed by atoms with Gasteiger partial charge in [-0.1, -0.05) is 24.3 Å². The summed E-state index contributed by atoms with van der Waals surface area (Å²) in [6.07, 6.45) is 0. The van der Waals surface area contributed by atoms with E-state index in [4.69, 9.17) is 4.74 Å². The number of para-hydroxylation sites is 2. The number of hydrogen-bond acceptors (Lipinski definition) is 4. The molecule has 1 fully saturated rings. The highest BCUT2D eigenvalue weighted by molar-refractivity contribution is 5.78. The minimum Gasteiger partial charge on any atom is -0.482 e. The molecule has 3 rings (SSSR count). The summed E-state index contributed by atoms with van der Waals surface area (Å²) in [5, 5.41) is 0. The first-order chi connectivity index (χ1) is 14.9. The Morgan fingerprint density at radius 2 is 1.71 bits per heavy atom. The third-order valence-electron chi connectivity index (χ3n) is 6.05. The van der Waals surface area contributed by atoms with Gasteiger partial charge in [0.2, 0.25) is 0 Å². The molecule has 1 aliphatic heterocycles. The van der Waals surface area contributed by atoms with Crippen molar-refractivity contribution in [3.63, 3.8) is 0 Å². The fourth-order valence-electron chi connectivity index (χ4n) is 4.22. The number of rotatable bonds is 8. The molecule has 2 aromatic rings. The van der Waals surface area contributed by atoms with Crippen LogP contribution in [0.1, 0.15) is 33.3 Å². The normalized spacial score (nSPS) is 19.3. The second-order valence-corrected chi connectivity index (χ2v) is 8.23. The fourth-order valence-corrected chi connectivity index (χ4v) is 4.22. The number of anilines is 1. The predicted octanol–water partition coefficient (Wildman–Crippen LogP) is 4.17. The summed E-state index contributed by atoms with van der Waals surface area (Å²) in [5.41, 5.74) is 2.10. The number of ether oxygens (including phenoxy) is 1. The van der Waals surface area contributed by atoms with E-state index in [1.54, 1.807) is 0 Å². The molecular formula is C25H34FN3O2. The van der Waals surface area contributed by atoms with Gasteiger partial charge in [0.1, 0.15) is 11.6 Å². The Morgan fingerprint density at radius 1 is 1.03 bits per heavy atom. The highest BCUT2D eigenvalue weighted by Crippen LogP contribution is 2.28. The van der Waals surface area contributed by atoms with Gasteiger partial charge >= 0.3 is 0 Å². The fraction of sp³-hybridized carbons (Fsp3) is 0.480. The number of carbonyl (C=O) groups is 1. The van der Waals surface area contributed by atoms with Crippen LogP contribution in [0.5, 0.6) is 5.75 Å². The molecule has 0 bridgehead atoms. The topological polar surface area (TPSA) is 36.0 Å². The maximum absolute atomic E-state index is 13.2. The first-order valence-electron chi connectivity index (χ1n) is 11.2. The Morgan fingerprint density at radius 3 is 2.39 bits per heavy atom. The SMILES string of the molecule is CCN(CC)c1ccccc1OCC(=O)N1C[C@@H](C)N(Cc2ccc(F)cc2)C[C@@H]1C. The molecule has 0 N–H and O–H groups in total. The summed E-state index contributed by atoms with van der Waals surface area (Å²) in [4.78, 5) is 19.5. The number of hydrogen-bond donors (Lipinski definition) is 0. The number of amides is 1. The Labute approximate surface area is 185 Å². The Kier molecular flexibility index (Phi) is 7.91. The molecule has 0 saturated carbocycles. The first-order valence-corrected chi connectivity index (χ1v) is 11.2. The number of benzene rings is 2. The molecule has 0 unspecified atom stereocenters. The maximum Gasteiger partial charge on any atom is 0.260 e. The minimum atomic E-state index is -0.219. The average molecular weight is 428 g/mol. The summed E-state index contributed by atoms with van der Waals surface area (Å²) in [5.74, 6) is 0.536. The van der Waals surface area contributed by atoms with E-state index in [0.29, 0.717) is 6.54 Å². The van der Waals surface area contributed by atoms with Crippen molar-refractivity contribution in [2.75, 3.05) is 37.7 Å². The van der Waals surface area contributed by atoms with E-state index in [2.05, 4.69) is 37.5 Å². The zero-order chi connectivity index (χ0) is 22.4. The molecule has 1 heterocycles. The predicted molar refractivity (Wildman–Crippen MR) is 123 cm³/mol. The van der Waals surface area contributed by atoms with Gasteiger partial charge in [0.25, 0.3) is 5.91 Å². The van der Waals surface area contributed by atoms with E-state index < -0.39 is 0 Å². The molecule has 31 heavy (non-hydrogen) atoms. The van der Waals surface area contributed by atoms with Crippen LogP contribution in [0.15, 0.2) is 48.5 Å². The van der Waals surface area contributed by atoms with Crippen LogP contribution < -0.4 is 9.64 Å². The molecule has 0 radical (unpaired) electrons. The van der Waals surface area contributed by atoms with Crippen LogP contribution in [-0.4, -0.2) is 60.6 Å². The second kappa shape index (κ2) is 10.6. The summed E-state index contributed by atoms with van der Waals surface area (Å²) in [6, 6.07) is 14.8. The number of carbonyl (C=O) groups excluding carboxylic acids is 1. The van der Waals surface area contributed by atoms with Gasteiger partial charge in [-0.3, -0.25) is 9.69 Å². The van der Waals surface area contributed by atoms with Crippen LogP contribution in [0.25, 0.3) is 0 Å². The van der Waals surface area contributed by atoms with Crippen molar-refractivity contribution in [1.82, 2.24) is 9.80 Å². The third-order valence-corrected chi connectivity index (χ3v) is 6.05. The van der Waals surface area contributed by atoms with Crippen LogP contribution in [-0.2, 0) is 11.3 Å². The van der Waals surface area contributed by atoms with Gasteiger partial charge in [0.15, 0.2) is 6.61 Å². The van der Waals surface area contributed by atoms with Crippen LogP contribution in [0.4, 0.5) is 10.1 Å². The maximum atomic E-state index is 13.2. The van der Waals surface area contributed by atoms with Gasteiger partial charge in [-0.05, 0) is 57.5 Å². The van der Waals surface area contributed by atoms with E-state index >= 15 is 0 Å². The molecule has 0 spiro atoms. The van der Waals surface area contributed by atoms with Crippen molar-refractivity contribution in [3.05, 3.63) is 59.9 Å². The van der Waals surface area contributed by atoms with Gasteiger partial charge in [0, 0.05) is 44.8 Å². The minimum absolute atomic E-state index is 0.00938. The molecule has 2 aromatic carbocycles. The van der Waals surface area contributed by atoms with Crippen LogP contribution in [0, 0.1) is 5.82 Å².